The summed E-state index contributed by atoms with van der Waals surface area (Å²) in [6, 6.07) is 8.03. The maximum atomic E-state index is 13.7. The van der Waals surface area contributed by atoms with Crippen LogP contribution in [0.4, 0.5) is 5.88 Å². The molecular formula is C24H31ClN3O9P. The van der Waals surface area contributed by atoms with Crippen LogP contribution in [0.5, 0.6) is 5.75 Å². The normalized spacial score (nSPS) is 13.4. The van der Waals surface area contributed by atoms with Crippen LogP contribution in [0.2, 0.25) is 0 Å². The van der Waals surface area contributed by atoms with Gasteiger partial charge in [0.2, 0.25) is 5.91 Å². The highest BCUT2D eigenvalue weighted by atomic mass is 35.5. The van der Waals surface area contributed by atoms with E-state index in [1.165, 1.54) is 29.8 Å². The summed E-state index contributed by atoms with van der Waals surface area (Å²) in [4.78, 5) is 34.0. The monoisotopic (exact) mass is 571 g/mol. The Morgan fingerprint density at radius 1 is 1.26 bits per heavy atom. The van der Waals surface area contributed by atoms with Crippen molar-refractivity contribution in [1.29, 1.82) is 0 Å². The third-order valence-corrected chi connectivity index (χ3v) is 7.27. The van der Waals surface area contributed by atoms with E-state index in [9.17, 15) is 24.3 Å². The number of hydrogen-bond donors (Lipinski definition) is 1. The number of nitro groups is 1. The van der Waals surface area contributed by atoms with Crippen molar-refractivity contribution in [3.8, 4) is 5.75 Å². The quantitative estimate of drug-likeness (QED) is 0.0541. The molecule has 0 aliphatic heterocycles. The number of carbonyl (C=O) groups excluding carboxylic acids is 2. The van der Waals surface area contributed by atoms with Crippen LogP contribution in [0.1, 0.15) is 31.1 Å². The number of ether oxygens (including phenoxy) is 1. The number of unbranched alkanes of at least 4 members (excludes halogenated alkanes) is 1. The summed E-state index contributed by atoms with van der Waals surface area (Å²) in [5.41, 5.74) is 0.681. The molecule has 0 saturated carbocycles. The van der Waals surface area contributed by atoms with Crippen LogP contribution in [-0.2, 0) is 36.4 Å². The van der Waals surface area contributed by atoms with Crippen molar-refractivity contribution in [3.63, 3.8) is 0 Å². The van der Waals surface area contributed by atoms with Crippen LogP contribution in [0.25, 0.3) is 0 Å². The fourth-order valence-electron chi connectivity index (χ4n) is 3.18. The topological polar surface area (TPSA) is 150 Å². The first-order valence-corrected chi connectivity index (χ1v) is 13.7. The smallest absolute Gasteiger partial charge is 0.460 e. The van der Waals surface area contributed by atoms with Gasteiger partial charge >= 0.3 is 19.6 Å². The summed E-state index contributed by atoms with van der Waals surface area (Å²) in [7, 11) is -2.35. The lowest BCUT2D eigenvalue weighted by Gasteiger charge is -2.27. The van der Waals surface area contributed by atoms with Gasteiger partial charge in [0.25, 0.3) is 0 Å². The summed E-state index contributed by atoms with van der Waals surface area (Å²) in [6.45, 7) is 4.83. The molecule has 0 bridgehead atoms. The molecule has 1 aromatic heterocycles. The molecule has 2 rings (SSSR count). The number of hydrogen-bond acceptors (Lipinski definition) is 9. The van der Waals surface area contributed by atoms with E-state index < -0.39 is 30.6 Å². The van der Waals surface area contributed by atoms with Crippen LogP contribution in [0, 0.1) is 10.1 Å². The highest BCUT2D eigenvalue weighted by Crippen LogP contribution is 2.52. The lowest BCUT2D eigenvalue weighted by Crippen LogP contribution is -2.42. The van der Waals surface area contributed by atoms with Gasteiger partial charge in [0, 0.05) is 25.8 Å². The SMILES string of the molecule is C=CCOC(=O)C(Cc1ccc(OP(=O)(OCc2ccc([N+](=O)[O-])o2)N(C)CCCCCl)cc1)NC(C)=O. The van der Waals surface area contributed by atoms with Crippen LogP contribution in [-0.4, -0.2) is 53.6 Å². The molecule has 0 aliphatic rings. The van der Waals surface area contributed by atoms with Gasteiger partial charge in [0.15, 0.2) is 0 Å². The standard InChI is InChI=1S/C24H31ClN3O9P/c1-4-15-34-24(30)22(26-18(2)29)16-19-7-9-20(10-8-19)37-38(33,27(3)14-6-5-13-25)35-17-21-11-12-23(36-21)28(31)32/h4,7-12,22H,1,5-6,13-17H2,2-3H3,(H,26,29). The summed E-state index contributed by atoms with van der Waals surface area (Å²) >= 11 is 5.75. The summed E-state index contributed by atoms with van der Waals surface area (Å²) < 4.78 is 36.7. The third kappa shape index (κ3) is 9.94. The number of nitrogens with one attached hydrogen (secondary N) is 1. The van der Waals surface area contributed by atoms with E-state index in [0.717, 1.165) is 0 Å². The van der Waals surface area contributed by atoms with E-state index in [4.69, 9.17) is 29.8 Å². The number of rotatable bonds is 17. The van der Waals surface area contributed by atoms with Gasteiger partial charge in [0.05, 0.1) is 6.07 Å². The molecule has 0 spiro atoms. The first-order chi connectivity index (χ1) is 18.1. The van der Waals surface area contributed by atoms with Gasteiger partial charge in [0.1, 0.15) is 35.7 Å². The molecular weight excluding hydrogens is 541 g/mol. The Bertz CT molecular complexity index is 1140. The van der Waals surface area contributed by atoms with Gasteiger partial charge < -0.3 is 19.0 Å². The number of nitrogens with zero attached hydrogens (tertiary/aromatic N) is 2. The van der Waals surface area contributed by atoms with Gasteiger partial charge in [-0.3, -0.25) is 19.4 Å². The first-order valence-electron chi connectivity index (χ1n) is 11.7. The van der Waals surface area contributed by atoms with E-state index in [-0.39, 0.29) is 37.1 Å². The zero-order valence-electron chi connectivity index (χ0n) is 21.2. The number of alkyl halides is 1. The molecule has 38 heavy (non-hydrogen) atoms. The van der Waals surface area contributed by atoms with Gasteiger partial charge in [-0.05, 0) is 43.7 Å². The molecule has 12 nitrogen and oxygen atoms in total. The number of furan rings is 1. The first kappa shape index (κ1) is 31.0. The van der Waals surface area contributed by atoms with E-state index >= 15 is 0 Å². The lowest BCUT2D eigenvalue weighted by molar-refractivity contribution is -0.402. The Hall–Kier alpha value is -3.18. The lowest BCUT2D eigenvalue weighted by atomic mass is 10.1. The number of halogens is 1. The van der Waals surface area contributed by atoms with Gasteiger partial charge in [-0.2, -0.15) is 0 Å². The second-order valence-electron chi connectivity index (χ2n) is 8.13. The van der Waals surface area contributed by atoms with Gasteiger partial charge in [-0.1, -0.05) is 24.8 Å². The molecule has 1 aromatic carbocycles. The number of amides is 1. The molecule has 0 aliphatic carbocycles. The van der Waals surface area contributed by atoms with E-state index in [1.807, 2.05) is 0 Å². The molecule has 0 saturated heterocycles. The largest absolute Gasteiger partial charge is 0.461 e. The third-order valence-electron chi connectivity index (χ3n) is 5.07. The number of esters is 1. The molecule has 1 amide bonds. The minimum absolute atomic E-state index is 0.0146. The Morgan fingerprint density at radius 3 is 2.55 bits per heavy atom. The Balaban J connectivity index is 2.15. The molecule has 0 radical (unpaired) electrons. The van der Waals surface area contributed by atoms with Crippen LogP contribution in [0.3, 0.4) is 0 Å². The maximum absolute atomic E-state index is 13.7. The highest BCUT2D eigenvalue weighted by Gasteiger charge is 2.33. The predicted molar refractivity (Wildman–Crippen MR) is 140 cm³/mol. The Morgan fingerprint density at radius 2 is 1.97 bits per heavy atom. The molecule has 208 valence electrons. The number of carbonyl (C=O) groups is 2. The van der Waals surface area contributed by atoms with Crippen molar-refractivity contribution in [1.82, 2.24) is 9.99 Å². The van der Waals surface area contributed by atoms with Crippen molar-refractivity contribution in [2.45, 2.75) is 38.8 Å². The second-order valence-corrected chi connectivity index (χ2v) is 10.6. The number of benzene rings is 1. The Kier molecular flexibility index (Phi) is 12.5. The van der Waals surface area contributed by atoms with Crippen molar-refractivity contribution in [2.75, 3.05) is 26.1 Å². The predicted octanol–water partition coefficient (Wildman–Crippen LogP) is 4.62. The average molecular weight is 572 g/mol. The van der Waals surface area contributed by atoms with Crippen molar-refractivity contribution >= 4 is 37.1 Å². The minimum atomic E-state index is -3.92. The molecule has 2 aromatic rings. The molecule has 2 atom stereocenters. The molecule has 2 unspecified atom stereocenters. The molecule has 0 fully saturated rings. The van der Waals surface area contributed by atoms with E-state index in [2.05, 4.69) is 11.9 Å². The molecule has 1 heterocycles. The zero-order valence-corrected chi connectivity index (χ0v) is 22.8. The summed E-state index contributed by atoms with van der Waals surface area (Å²) in [5, 5.41) is 13.4. The van der Waals surface area contributed by atoms with E-state index in [1.54, 1.807) is 31.3 Å². The van der Waals surface area contributed by atoms with Crippen molar-refractivity contribution < 1.29 is 37.3 Å². The summed E-state index contributed by atoms with van der Waals surface area (Å²) in [6.07, 6.45) is 2.90. The minimum Gasteiger partial charge on any atom is -0.460 e. The second kappa shape index (κ2) is 15.3. The molecule has 14 heteroatoms. The van der Waals surface area contributed by atoms with Gasteiger partial charge in [-0.25, -0.2) is 14.0 Å². The summed E-state index contributed by atoms with van der Waals surface area (Å²) in [5.74, 6) is -0.679. The molecule has 1 N–H and O–H groups in total. The van der Waals surface area contributed by atoms with Crippen molar-refractivity contribution in [2.24, 2.45) is 0 Å². The van der Waals surface area contributed by atoms with Crippen molar-refractivity contribution in [3.05, 3.63) is 70.5 Å². The Labute approximate surface area is 225 Å². The van der Waals surface area contributed by atoms with Gasteiger partial charge in [-0.15, -0.1) is 11.6 Å². The maximum Gasteiger partial charge on any atom is 0.461 e. The van der Waals surface area contributed by atoms with Crippen LogP contribution >= 0.6 is 19.3 Å². The van der Waals surface area contributed by atoms with Crippen LogP contribution < -0.4 is 9.84 Å². The highest BCUT2D eigenvalue weighted by molar-refractivity contribution is 7.51. The fourth-order valence-corrected chi connectivity index (χ4v) is 4.82. The fraction of sp³-hybridized carbons (Fsp3) is 0.417. The van der Waals surface area contributed by atoms with Crippen LogP contribution in [0.15, 0.2) is 53.5 Å². The zero-order chi connectivity index (χ0) is 28.1. The average Bonchev–Trinajstić information content (AvgIpc) is 3.36. The van der Waals surface area contributed by atoms with E-state index in [0.29, 0.717) is 30.8 Å².